The third-order valence-corrected chi connectivity index (χ3v) is 5.35. The van der Waals surface area contributed by atoms with Crippen LogP contribution < -0.4 is 16.0 Å². The second kappa shape index (κ2) is 9.75. The molecule has 0 atom stereocenters. The van der Waals surface area contributed by atoms with Crippen molar-refractivity contribution in [2.24, 2.45) is 0 Å². The molecule has 0 aliphatic carbocycles. The first-order valence-corrected chi connectivity index (χ1v) is 11.1. The summed E-state index contributed by atoms with van der Waals surface area (Å²) in [6.07, 6.45) is 0.654. The van der Waals surface area contributed by atoms with Gasteiger partial charge in [0.15, 0.2) is 0 Å². The van der Waals surface area contributed by atoms with Crippen molar-refractivity contribution in [3.8, 4) is 10.6 Å². The summed E-state index contributed by atoms with van der Waals surface area (Å²) in [5.41, 5.74) is 4.15. The Bertz CT molecular complexity index is 1030. The molecule has 3 amide bonds. The quantitative estimate of drug-likeness (QED) is 0.508. The molecule has 6 nitrogen and oxygen atoms in total. The summed E-state index contributed by atoms with van der Waals surface area (Å²) in [5.74, 6) is -0.142. The van der Waals surface area contributed by atoms with Gasteiger partial charge in [-0.3, -0.25) is 4.79 Å². The summed E-state index contributed by atoms with van der Waals surface area (Å²) in [6.45, 7) is 8.33. The van der Waals surface area contributed by atoms with E-state index in [1.54, 1.807) is 35.6 Å². The van der Waals surface area contributed by atoms with Gasteiger partial charge in [-0.15, -0.1) is 11.3 Å². The number of thiazole rings is 1. The lowest BCUT2D eigenvalue weighted by Gasteiger charge is -2.20. The molecule has 0 saturated heterocycles. The molecule has 0 saturated carbocycles. The number of hydrogen-bond acceptors (Lipinski definition) is 4. The maximum absolute atomic E-state index is 12.2. The second-order valence-electron chi connectivity index (χ2n) is 8.42. The lowest BCUT2D eigenvalue weighted by atomic mass is 10.1. The number of carbonyl (C=O) groups excluding carboxylic acids is 2. The lowest BCUT2D eigenvalue weighted by Crippen LogP contribution is -2.40. The zero-order valence-electron chi connectivity index (χ0n) is 18.3. The Kier molecular flexibility index (Phi) is 7.07. The van der Waals surface area contributed by atoms with E-state index < -0.39 is 0 Å². The molecule has 0 aliphatic heterocycles. The molecule has 31 heavy (non-hydrogen) atoms. The first kappa shape index (κ1) is 22.5. The number of nitrogens with one attached hydrogen (secondary N) is 3. The van der Waals surface area contributed by atoms with Gasteiger partial charge in [0.1, 0.15) is 5.01 Å². The molecule has 3 rings (SSSR count). The highest BCUT2D eigenvalue weighted by atomic mass is 32.1. The summed E-state index contributed by atoms with van der Waals surface area (Å²) in [7, 11) is 0. The fraction of sp³-hybridized carbons (Fsp3) is 0.292. The average Bonchev–Trinajstić information content (AvgIpc) is 3.16. The maximum Gasteiger partial charge on any atom is 0.319 e. The van der Waals surface area contributed by atoms with Crippen LogP contribution in [0.25, 0.3) is 10.6 Å². The summed E-state index contributed by atoms with van der Waals surface area (Å²) in [5, 5.41) is 11.5. The SMILES string of the molecule is Cc1ccc(-c2nc(CCNC(=O)Nc3ccc(C(=O)NC(C)(C)C)cc3)cs2)cc1. The zero-order chi connectivity index (χ0) is 22.4. The van der Waals surface area contributed by atoms with Crippen LogP contribution in [0.3, 0.4) is 0 Å². The number of urea groups is 1. The Morgan fingerprint density at radius 2 is 1.68 bits per heavy atom. The van der Waals surface area contributed by atoms with E-state index >= 15 is 0 Å². The molecule has 0 bridgehead atoms. The van der Waals surface area contributed by atoms with Gasteiger partial charge in [0.25, 0.3) is 5.91 Å². The van der Waals surface area contributed by atoms with Crippen LogP contribution in [0.2, 0.25) is 0 Å². The molecule has 7 heteroatoms. The van der Waals surface area contributed by atoms with Crippen molar-refractivity contribution in [3.63, 3.8) is 0 Å². The zero-order valence-corrected chi connectivity index (χ0v) is 19.1. The van der Waals surface area contributed by atoms with Gasteiger partial charge in [0.05, 0.1) is 5.69 Å². The highest BCUT2D eigenvalue weighted by molar-refractivity contribution is 7.13. The number of aryl methyl sites for hydroxylation is 1. The standard InChI is InChI=1S/C24H28N4O2S/c1-16-5-7-18(8-6-16)22-26-20(15-31-22)13-14-25-23(30)27-19-11-9-17(10-12-19)21(29)28-24(2,3)4/h5-12,15H,13-14H2,1-4H3,(H,28,29)(H2,25,27,30). The van der Waals surface area contributed by atoms with Crippen LogP contribution >= 0.6 is 11.3 Å². The Morgan fingerprint density at radius 1 is 1.00 bits per heavy atom. The summed E-state index contributed by atoms with van der Waals surface area (Å²) in [6, 6.07) is 14.8. The molecular weight excluding hydrogens is 408 g/mol. The molecule has 1 heterocycles. The van der Waals surface area contributed by atoms with Crippen molar-refractivity contribution in [1.29, 1.82) is 0 Å². The monoisotopic (exact) mass is 436 g/mol. The van der Waals surface area contributed by atoms with E-state index in [1.165, 1.54) is 5.56 Å². The first-order valence-electron chi connectivity index (χ1n) is 10.2. The molecule has 2 aromatic carbocycles. The minimum Gasteiger partial charge on any atom is -0.347 e. The van der Waals surface area contributed by atoms with E-state index in [4.69, 9.17) is 0 Å². The number of hydrogen-bond donors (Lipinski definition) is 3. The van der Waals surface area contributed by atoms with Gasteiger partial charge >= 0.3 is 6.03 Å². The molecule has 162 valence electrons. The van der Waals surface area contributed by atoms with Crippen molar-refractivity contribution in [2.75, 3.05) is 11.9 Å². The molecule has 0 radical (unpaired) electrons. The highest BCUT2D eigenvalue weighted by Gasteiger charge is 2.15. The van der Waals surface area contributed by atoms with Gasteiger partial charge in [0, 0.05) is 40.7 Å². The number of rotatable bonds is 6. The van der Waals surface area contributed by atoms with Crippen molar-refractivity contribution in [1.82, 2.24) is 15.6 Å². The largest absolute Gasteiger partial charge is 0.347 e. The minimum atomic E-state index is -0.300. The Balaban J connectivity index is 1.45. The fourth-order valence-corrected chi connectivity index (χ4v) is 3.71. The number of benzene rings is 2. The Morgan fingerprint density at radius 3 is 2.32 bits per heavy atom. The maximum atomic E-state index is 12.2. The molecular formula is C24H28N4O2S. The van der Waals surface area contributed by atoms with E-state index in [0.717, 1.165) is 16.3 Å². The molecule has 3 N–H and O–H groups in total. The van der Waals surface area contributed by atoms with Crippen molar-refractivity contribution >= 4 is 29.0 Å². The molecule has 0 fully saturated rings. The number of aromatic nitrogens is 1. The Labute approximate surface area is 187 Å². The molecule has 0 aliphatic rings. The predicted molar refractivity (Wildman–Crippen MR) is 127 cm³/mol. The Hall–Kier alpha value is -3.19. The number of amides is 3. The molecule has 1 aromatic heterocycles. The van der Waals surface area contributed by atoms with E-state index in [2.05, 4.69) is 52.1 Å². The van der Waals surface area contributed by atoms with Crippen LogP contribution in [-0.2, 0) is 6.42 Å². The van der Waals surface area contributed by atoms with E-state index in [-0.39, 0.29) is 17.5 Å². The van der Waals surface area contributed by atoms with Crippen molar-refractivity contribution < 1.29 is 9.59 Å². The van der Waals surface area contributed by atoms with Gasteiger partial charge in [-0.2, -0.15) is 0 Å². The first-order chi connectivity index (χ1) is 14.7. The lowest BCUT2D eigenvalue weighted by molar-refractivity contribution is 0.0919. The number of carbonyl (C=O) groups is 2. The van der Waals surface area contributed by atoms with Gasteiger partial charge in [-0.1, -0.05) is 29.8 Å². The van der Waals surface area contributed by atoms with E-state index in [9.17, 15) is 9.59 Å². The second-order valence-corrected chi connectivity index (χ2v) is 9.28. The topological polar surface area (TPSA) is 83.1 Å². The number of nitrogens with zero attached hydrogens (tertiary/aromatic N) is 1. The summed E-state index contributed by atoms with van der Waals surface area (Å²) in [4.78, 5) is 29.0. The van der Waals surface area contributed by atoms with Crippen LogP contribution in [0.15, 0.2) is 53.9 Å². The van der Waals surface area contributed by atoms with Crippen LogP contribution in [0.4, 0.5) is 10.5 Å². The van der Waals surface area contributed by atoms with E-state index in [1.807, 2.05) is 26.2 Å². The fourth-order valence-electron chi connectivity index (χ4n) is 2.85. The van der Waals surface area contributed by atoms with Gasteiger partial charge in [0.2, 0.25) is 0 Å². The summed E-state index contributed by atoms with van der Waals surface area (Å²) < 4.78 is 0. The van der Waals surface area contributed by atoms with Gasteiger partial charge in [-0.25, -0.2) is 9.78 Å². The van der Waals surface area contributed by atoms with Crippen molar-refractivity contribution in [3.05, 3.63) is 70.7 Å². The number of anilines is 1. The molecule has 0 unspecified atom stereocenters. The normalized spacial score (nSPS) is 11.1. The van der Waals surface area contributed by atoms with Gasteiger partial charge < -0.3 is 16.0 Å². The van der Waals surface area contributed by atoms with E-state index in [0.29, 0.717) is 24.2 Å². The van der Waals surface area contributed by atoms with Crippen LogP contribution in [0.1, 0.15) is 42.4 Å². The van der Waals surface area contributed by atoms with Crippen LogP contribution in [-0.4, -0.2) is 29.0 Å². The predicted octanol–water partition coefficient (Wildman–Crippen LogP) is 5.01. The average molecular weight is 437 g/mol. The molecule has 3 aromatic rings. The summed E-state index contributed by atoms with van der Waals surface area (Å²) >= 11 is 1.60. The highest BCUT2D eigenvalue weighted by Crippen LogP contribution is 2.24. The smallest absolute Gasteiger partial charge is 0.319 e. The third kappa shape index (κ3) is 6.93. The van der Waals surface area contributed by atoms with Gasteiger partial charge in [-0.05, 0) is 52.0 Å². The molecule has 0 spiro atoms. The third-order valence-electron chi connectivity index (χ3n) is 4.41. The van der Waals surface area contributed by atoms with Crippen LogP contribution in [0, 0.1) is 6.92 Å². The van der Waals surface area contributed by atoms with Crippen LogP contribution in [0.5, 0.6) is 0 Å². The van der Waals surface area contributed by atoms with Crippen molar-refractivity contribution in [2.45, 2.75) is 39.7 Å². The minimum absolute atomic E-state index is 0.142.